The van der Waals surface area contributed by atoms with Crippen LogP contribution in [0.2, 0.25) is 5.02 Å². The maximum atomic E-state index is 12.4. The van der Waals surface area contributed by atoms with Crippen LogP contribution in [0.25, 0.3) is 0 Å². The molecule has 112 valence electrons. The molecule has 2 amide bonds. The Morgan fingerprint density at radius 2 is 1.68 bits per heavy atom. The van der Waals surface area contributed by atoms with Gasteiger partial charge in [-0.15, -0.1) is 0 Å². The lowest BCUT2D eigenvalue weighted by Gasteiger charge is -2.15. The van der Waals surface area contributed by atoms with Gasteiger partial charge in [0.1, 0.15) is 5.75 Å². The van der Waals surface area contributed by atoms with E-state index in [0.717, 1.165) is 11.3 Å². The highest BCUT2D eigenvalue weighted by Crippen LogP contribution is 2.33. The first-order chi connectivity index (χ1) is 10.6. The van der Waals surface area contributed by atoms with Crippen molar-refractivity contribution in [2.75, 3.05) is 11.5 Å². The Hall–Kier alpha value is -2.33. The summed E-state index contributed by atoms with van der Waals surface area (Å²) in [5.41, 5.74) is 1.27. The van der Waals surface area contributed by atoms with E-state index in [1.807, 2.05) is 6.92 Å². The molecular weight excluding hydrogens is 302 g/mol. The second kappa shape index (κ2) is 5.81. The molecule has 5 heteroatoms. The van der Waals surface area contributed by atoms with Crippen molar-refractivity contribution < 1.29 is 14.3 Å². The fourth-order valence-corrected chi connectivity index (χ4v) is 2.61. The van der Waals surface area contributed by atoms with Gasteiger partial charge in [0.15, 0.2) is 0 Å². The Kier molecular flexibility index (Phi) is 3.86. The average Bonchev–Trinajstić information content (AvgIpc) is 2.78. The standard InChI is InChI=1S/C17H14ClNO3/c1-2-9-22-15-8-7-11(10-14(15)18)19-16(20)12-5-3-4-6-13(12)17(19)21/h3-8,10H,2,9H2,1H3. The number of anilines is 1. The first kappa shape index (κ1) is 14.6. The molecule has 4 nitrogen and oxygen atoms in total. The molecule has 0 atom stereocenters. The molecule has 0 unspecified atom stereocenters. The Bertz CT molecular complexity index is 722. The third-order valence-corrected chi connectivity index (χ3v) is 3.72. The van der Waals surface area contributed by atoms with Crippen molar-refractivity contribution in [2.24, 2.45) is 0 Å². The number of benzene rings is 2. The molecule has 0 radical (unpaired) electrons. The minimum atomic E-state index is -0.334. The topological polar surface area (TPSA) is 46.6 Å². The highest BCUT2D eigenvalue weighted by molar-refractivity contribution is 6.36. The lowest BCUT2D eigenvalue weighted by molar-refractivity contribution is 0.0926. The van der Waals surface area contributed by atoms with Crippen LogP contribution in [0.1, 0.15) is 34.1 Å². The van der Waals surface area contributed by atoms with E-state index in [2.05, 4.69) is 0 Å². The minimum absolute atomic E-state index is 0.334. The number of nitrogens with zero attached hydrogens (tertiary/aromatic N) is 1. The van der Waals surface area contributed by atoms with Gasteiger partial charge in [0.25, 0.3) is 11.8 Å². The van der Waals surface area contributed by atoms with E-state index in [-0.39, 0.29) is 11.8 Å². The highest BCUT2D eigenvalue weighted by Gasteiger charge is 2.36. The van der Waals surface area contributed by atoms with Crippen LogP contribution in [0, 0.1) is 0 Å². The van der Waals surface area contributed by atoms with Gasteiger partial charge in [-0.2, -0.15) is 0 Å². The fraction of sp³-hybridized carbons (Fsp3) is 0.176. The fourth-order valence-electron chi connectivity index (χ4n) is 2.38. The molecule has 0 fully saturated rings. The minimum Gasteiger partial charge on any atom is -0.492 e. The molecule has 0 aliphatic carbocycles. The molecule has 1 heterocycles. The Morgan fingerprint density at radius 1 is 1.05 bits per heavy atom. The number of carbonyl (C=O) groups is 2. The Morgan fingerprint density at radius 3 is 2.23 bits per heavy atom. The van der Waals surface area contributed by atoms with Gasteiger partial charge in [-0.05, 0) is 36.8 Å². The van der Waals surface area contributed by atoms with E-state index < -0.39 is 0 Å². The van der Waals surface area contributed by atoms with E-state index in [9.17, 15) is 9.59 Å². The Balaban J connectivity index is 1.94. The molecule has 0 saturated heterocycles. The van der Waals surface area contributed by atoms with Gasteiger partial charge in [0.2, 0.25) is 0 Å². The summed E-state index contributed by atoms with van der Waals surface area (Å²) in [6.07, 6.45) is 0.872. The summed E-state index contributed by atoms with van der Waals surface area (Å²) in [6, 6.07) is 11.7. The summed E-state index contributed by atoms with van der Waals surface area (Å²) in [4.78, 5) is 26.0. The van der Waals surface area contributed by atoms with Crippen LogP contribution in [-0.2, 0) is 0 Å². The summed E-state index contributed by atoms with van der Waals surface area (Å²) in [6.45, 7) is 2.56. The first-order valence-electron chi connectivity index (χ1n) is 7.03. The van der Waals surface area contributed by atoms with E-state index in [1.165, 1.54) is 0 Å². The predicted octanol–water partition coefficient (Wildman–Crippen LogP) is 3.93. The van der Waals surface area contributed by atoms with Crippen molar-refractivity contribution >= 4 is 29.1 Å². The van der Waals surface area contributed by atoms with Crippen LogP contribution in [0.4, 0.5) is 5.69 Å². The summed E-state index contributed by atoms with van der Waals surface area (Å²) in [5, 5.41) is 0.377. The quantitative estimate of drug-likeness (QED) is 0.803. The van der Waals surface area contributed by atoms with Gasteiger partial charge in [-0.3, -0.25) is 9.59 Å². The maximum Gasteiger partial charge on any atom is 0.266 e. The summed E-state index contributed by atoms with van der Waals surface area (Å²) >= 11 is 6.18. The number of amides is 2. The van der Waals surface area contributed by atoms with Gasteiger partial charge in [-0.1, -0.05) is 30.7 Å². The van der Waals surface area contributed by atoms with Gasteiger partial charge >= 0.3 is 0 Å². The molecule has 0 N–H and O–H groups in total. The van der Waals surface area contributed by atoms with Crippen LogP contribution in [0.15, 0.2) is 42.5 Å². The lowest BCUT2D eigenvalue weighted by Crippen LogP contribution is -2.29. The number of imide groups is 1. The third kappa shape index (κ3) is 2.35. The molecule has 3 rings (SSSR count). The maximum absolute atomic E-state index is 12.4. The number of rotatable bonds is 4. The van der Waals surface area contributed by atoms with E-state index in [4.69, 9.17) is 16.3 Å². The van der Waals surface area contributed by atoms with Crippen molar-refractivity contribution in [3.63, 3.8) is 0 Å². The van der Waals surface area contributed by atoms with Crippen LogP contribution in [-0.4, -0.2) is 18.4 Å². The van der Waals surface area contributed by atoms with Gasteiger partial charge in [-0.25, -0.2) is 4.90 Å². The molecule has 0 bridgehead atoms. The smallest absolute Gasteiger partial charge is 0.266 e. The number of halogens is 1. The third-order valence-electron chi connectivity index (χ3n) is 3.43. The number of hydrogen-bond donors (Lipinski definition) is 0. The summed E-state index contributed by atoms with van der Waals surface area (Å²) in [7, 11) is 0. The van der Waals surface area contributed by atoms with Gasteiger partial charge in [0.05, 0.1) is 28.4 Å². The molecule has 2 aromatic rings. The molecular formula is C17H14ClNO3. The van der Waals surface area contributed by atoms with E-state index >= 15 is 0 Å². The Labute approximate surface area is 133 Å². The van der Waals surface area contributed by atoms with Crippen molar-refractivity contribution in [3.05, 3.63) is 58.6 Å². The number of hydrogen-bond acceptors (Lipinski definition) is 3. The lowest BCUT2D eigenvalue weighted by atomic mass is 10.1. The van der Waals surface area contributed by atoms with E-state index in [0.29, 0.717) is 34.2 Å². The second-order valence-corrected chi connectivity index (χ2v) is 5.36. The van der Waals surface area contributed by atoms with E-state index in [1.54, 1.807) is 42.5 Å². The summed E-state index contributed by atoms with van der Waals surface area (Å²) in [5.74, 6) is -0.123. The van der Waals surface area contributed by atoms with Crippen LogP contribution in [0.3, 0.4) is 0 Å². The van der Waals surface area contributed by atoms with Crippen molar-refractivity contribution in [3.8, 4) is 5.75 Å². The first-order valence-corrected chi connectivity index (χ1v) is 7.41. The molecule has 2 aromatic carbocycles. The molecule has 1 aliphatic heterocycles. The van der Waals surface area contributed by atoms with Crippen molar-refractivity contribution in [1.82, 2.24) is 0 Å². The van der Waals surface area contributed by atoms with Crippen LogP contribution < -0.4 is 9.64 Å². The van der Waals surface area contributed by atoms with Crippen LogP contribution in [0.5, 0.6) is 5.75 Å². The van der Waals surface area contributed by atoms with Gasteiger partial charge in [0, 0.05) is 0 Å². The second-order valence-electron chi connectivity index (χ2n) is 4.95. The van der Waals surface area contributed by atoms with Crippen molar-refractivity contribution in [1.29, 1.82) is 0 Å². The molecule has 0 saturated carbocycles. The predicted molar refractivity (Wildman–Crippen MR) is 84.8 cm³/mol. The molecule has 22 heavy (non-hydrogen) atoms. The monoisotopic (exact) mass is 315 g/mol. The zero-order valence-corrected chi connectivity index (χ0v) is 12.8. The average molecular weight is 316 g/mol. The number of ether oxygens (including phenoxy) is 1. The van der Waals surface area contributed by atoms with Gasteiger partial charge < -0.3 is 4.74 Å². The normalized spacial score (nSPS) is 13.5. The van der Waals surface area contributed by atoms with Crippen LogP contribution >= 0.6 is 11.6 Å². The molecule has 1 aliphatic rings. The van der Waals surface area contributed by atoms with Crippen molar-refractivity contribution in [2.45, 2.75) is 13.3 Å². The SMILES string of the molecule is CCCOc1ccc(N2C(=O)c3ccccc3C2=O)cc1Cl. The molecule has 0 spiro atoms. The zero-order chi connectivity index (χ0) is 15.7. The number of carbonyl (C=O) groups excluding carboxylic acids is 2. The summed E-state index contributed by atoms with van der Waals surface area (Å²) < 4.78 is 5.50. The number of fused-ring (bicyclic) bond motifs is 1. The largest absolute Gasteiger partial charge is 0.492 e. The molecule has 0 aromatic heterocycles. The highest BCUT2D eigenvalue weighted by atomic mass is 35.5. The zero-order valence-electron chi connectivity index (χ0n) is 12.0.